The Labute approximate surface area is 271 Å². The topological polar surface area (TPSA) is 67.9 Å². The molecular formula is C33H36F3N5O2S2. The average molecular weight is 656 g/mol. The van der Waals surface area contributed by atoms with Crippen LogP contribution in [0.25, 0.3) is 0 Å². The van der Waals surface area contributed by atoms with Gasteiger partial charge in [-0.1, -0.05) is 42.5 Å². The molecule has 0 radical (unpaired) electrons. The van der Waals surface area contributed by atoms with E-state index < -0.39 is 17.3 Å². The number of carbonyl (C=O) groups excluding carboxylic acids is 2. The zero-order chi connectivity index (χ0) is 32.2. The monoisotopic (exact) mass is 655 g/mol. The molecule has 1 atom stereocenters. The van der Waals surface area contributed by atoms with E-state index in [0.29, 0.717) is 47.3 Å². The van der Waals surface area contributed by atoms with Crippen molar-refractivity contribution in [2.75, 3.05) is 48.9 Å². The van der Waals surface area contributed by atoms with Crippen LogP contribution in [-0.4, -0.2) is 71.0 Å². The van der Waals surface area contributed by atoms with Crippen LogP contribution < -0.4 is 15.5 Å². The molecule has 0 aliphatic carbocycles. The highest BCUT2D eigenvalue weighted by atomic mass is 32.2. The van der Waals surface area contributed by atoms with Gasteiger partial charge in [-0.25, -0.2) is 0 Å². The second-order valence-corrected chi connectivity index (χ2v) is 13.1. The number of anilines is 2. The first-order chi connectivity index (χ1) is 21.5. The van der Waals surface area contributed by atoms with Crippen LogP contribution in [0.5, 0.6) is 0 Å². The van der Waals surface area contributed by atoms with E-state index in [1.54, 1.807) is 21.6 Å². The Kier molecular flexibility index (Phi) is 9.93. The Morgan fingerprint density at radius 3 is 2.24 bits per heavy atom. The Morgan fingerprint density at radius 1 is 1.00 bits per heavy atom. The maximum atomic E-state index is 14.3. The van der Waals surface area contributed by atoms with E-state index in [-0.39, 0.29) is 30.9 Å². The molecule has 2 aliphatic heterocycles. The lowest BCUT2D eigenvalue weighted by Crippen LogP contribution is -2.61. The molecule has 2 aliphatic rings. The van der Waals surface area contributed by atoms with Crippen molar-refractivity contribution in [3.05, 3.63) is 95.6 Å². The van der Waals surface area contributed by atoms with E-state index in [1.165, 1.54) is 12.1 Å². The number of hydrogen-bond donors (Lipinski definition) is 2. The maximum Gasteiger partial charge on any atom is 0.416 e. The minimum Gasteiger partial charge on any atom is -0.378 e. The smallest absolute Gasteiger partial charge is 0.378 e. The van der Waals surface area contributed by atoms with Crippen LogP contribution in [0.3, 0.4) is 0 Å². The van der Waals surface area contributed by atoms with Crippen LogP contribution in [0.1, 0.15) is 35.6 Å². The number of hydrogen-bond acceptors (Lipinski definition) is 5. The van der Waals surface area contributed by atoms with Crippen LogP contribution in [0.15, 0.2) is 78.9 Å². The van der Waals surface area contributed by atoms with Crippen molar-refractivity contribution in [2.24, 2.45) is 0 Å². The van der Waals surface area contributed by atoms with Gasteiger partial charge in [-0.2, -0.15) is 24.9 Å². The molecule has 1 unspecified atom stereocenters. The van der Waals surface area contributed by atoms with Crippen LogP contribution in [0, 0.1) is 0 Å². The van der Waals surface area contributed by atoms with Crippen molar-refractivity contribution in [2.45, 2.75) is 37.1 Å². The predicted molar refractivity (Wildman–Crippen MR) is 177 cm³/mol. The summed E-state index contributed by atoms with van der Waals surface area (Å²) in [5, 5.41) is 6.76. The van der Waals surface area contributed by atoms with Gasteiger partial charge in [0.2, 0.25) is 11.8 Å². The molecular weight excluding hydrogens is 620 g/mol. The number of rotatable bonds is 9. The molecule has 45 heavy (non-hydrogen) atoms. The number of amides is 2. The van der Waals surface area contributed by atoms with Gasteiger partial charge in [-0.15, -0.1) is 0 Å². The van der Waals surface area contributed by atoms with E-state index in [4.69, 9.17) is 12.2 Å². The van der Waals surface area contributed by atoms with Gasteiger partial charge in [0.15, 0.2) is 5.11 Å². The van der Waals surface area contributed by atoms with Gasteiger partial charge < -0.3 is 25.3 Å². The Bertz CT molecular complexity index is 1500. The van der Waals surface area contributed by atoms with E-state index in [1.807, 2.05) is 73.6 Å². The molecule has 2 heterocycles. The SMILES string of the molecule is CN(C)c1ccc(NC(=O)C2(N(Cc3ccc(C(F)(F)F)cc3)C(=O)CN3CC(c4ccccc4)NC3=S)CCSCC2)cc1. The van der Waals surface area contributed by atoms with Crippen molar-refractivity contribution in [1.82, 2.24) is 15.1 Å². The third kappa shape index (κ3) is 7.55. The zero-order valence-electron chi connectivity index (χ0n) is 25.1. The molecule has 2 fully saturated rings. The molecule has 238 valence electrons. The lowest BCUT2D eigenvalue weighted by Gasteiger charge is -2.45. The number of alkyl halides is 3. The highest BCUT2D eigenvalue weighted by molar-refractivity contribution is 7.99. The highest BCUT2D eigenvalue weighted by Crippen LogP contribution is 2.37. The van der Waals surface area contributed by atoms with Gasteiger partial charge in [0.25, 0.3) is 0 Å². The van der Waals surface area contributed by atoms with Crippen molar-refractivity contribution >= 4 is 52.3 Å². The molecule has 12 heteroatoms. The molecule has 2 amide bonds. The molecule has 2 N–H and O–H groups in total. The largest absolute Gasteiger partial charge is 0.416 e. The zero-order valence-corrected chi connectivity index (χ0v) is 26.8. The Balaban J connectivity index is 1.44. The standard InChI is InChI=1S/C33H36F3N5O2S2/c1-39(2)27-14-12-26(13-15-27)37-30(43)32(16-18-45-19-17-32)41(20-23-8-10-25(11-9-23)33(34,35)36)29(42)22-40-21-28(38-31(40)44)24-6-4-3-5-7-24/h3-15,28H,16-22H2,1-2H3,(H,37,43)(H,38,44). The first-order valence-corrected chi connectivity index (χ1v) is 16.3. The van der Waals surface area contributed by atoms with Gasteiger partial charge in [0.1, 0.15) is 5.54 Å². The van der Waals surface area contributed by atoms with E-state index in [0.717, 1.165) is 23.4 Å². The quantitative estimate of drug-likeness (QED) is 0.277. The van der Waals surface area contributed by atoms with Gasteiger partial charge in [0.05, 0.1) is 18.2 Å². The summed E-state index contributed by atoms with van der Waals surface area (Å²) in [6.45, 7) is 0.371. The third-order valence-corrected chi connectivity index (χ3v) is 9.70. The number of thiocarbonyl (C=S) groups is 1. The number of nitrogens with one attached hydrogen (secondary N) is 2. The summed E-state index contributed by atoms with van der Waals surface area (Å²) in [5.41, 5.74) is 1.13. The van der Waals surface area contributed by atoms with Crippen molar-refractivity contribution < 1.29 is 22.8 Å². The van der Waals surface area contributed by atoms with Crippen molar-refractivity contribution in [3.8, 4) is 0 Å². The second kappa shape index (κ2) is 13.7. The van der Waals surface area contributed by atoms with E-state index in [2.05, 4.69) is 10.6 Å². The highest BCUT2D eigenvalue weighted by Gasteiger charge is 2.48. The molecule has 3 aromatic rings. The van der Waals surface area contributed by atoms with Crippen LogP contribution >= 0.6 is 24.0 Å². The summed E-state index contributed by atoms with van der Waals surface area (Å²) < 4.78 is 39.9. The first-order valence-electron chi connectivity index (χ1n) is 14.7. The fraction of sp³-hybridized carbons (Fsp3) is 0.364. The van der Waals surface area contributed by atoms with Crippen LogP contribution in [-0.2, 0) is 22.3 Å². The fourth-order valence-electron chi connectivity index (χ4n) is 5.73. The summed E-state index contributed by atoms with van der Waals surface area (Å²) in [6, 6.07) is 21.9. The van der Waals surface area contributed by atoms with Crippen LogP contribution in [0.4, 0.5) is 24.5 Å². The first kappa shape index (κ1) is 32.6. The Morgan fingerprint density at radius 2 is 1.64 bits per heavy atom. The number of thioether (sulfide) groups is 1. The average Bonchev–Trinajstić information content (AvgIpc) is 3.40. The molecule has 2 saturated heterocycles. The molecule has 0 bridgehead atoms. The fourth-order valence-corrected chi connectivity index (χ4v) is 7.18. The number of benzene rings is 3. The normalized spacial score (nSPS) is 17.8. The van der Waals surface area contributed by atoms with Crippen molar-refractivity contribution in [1.29, 1.82) is 0 Å². The summed E-state index contributed by atoms with van der Waals surface area (Å²) in [6.07, 6.45) is -3.67. The second-order valence-electron chi connectivity index (χ2n) is 11.5. The van der Waals surface area contributed by atoms with Gasteiger partial charge >= 0.3 is 6.18 Å². The Hall–Kier alpha value is -3.77. The minimum atomic E-state index is -4.48. The third-order valence-electron chi connectivity index (χ3n) is 8.34. The van der Waals surface area contributed by atoms with Gasteiger partial charge in [-0.3, -0.25) is 9.59 Å². The molecule has 7 nitrogen and oxygen atoms in total. The van der Waals surface area contributed by atoms with E-state index in [9.17, 15) is 22.8 Å². The molecule has 0 saturated carbocycles. The summed E-state index contributed by atoms with van der Waals surface area (Å²) in [5.74, 6) is 0.676. The van der Waals surface area contributed by atoms with Crippen LogP contribution in [0.2, 0.25) is 0 Å². The van der Waals surface area contributed by atoms with Gasteiger partial charge in [-0.05, 0) is 84.1 Å². The number of halogens is 3. The summed E-state index contributed by atoms with van der Waals surface area (Å²) >= 11 is 7.31. The summed E-state index contributed by atoms with van der Waals surface area (Å²) in [4.78, 5) is 33.9. The number of carbonyl (C=O) groups is 2. The molecule has 0 aromatic heterocycles. The molecule has 3 aromatic carbocycles. The number of nitrogens with zero attached hydrogens (tertiary/aromatic N) is 3. The maximum absolute atomic E-state index is 14.3. The molecule has 0 spiro atoms. The summed E-state index contributed by atoms with van der Waals surface area (Å²) in [7, 11) is 3.85. The predicted octanol–water partition coefficient (Wildman–Crippen LogP) is 5.94. The van der Waals surface area contributed by atoms with Crippen molar-refractivity contribution in [3.63, 3.8) is 0 Å². The van der Waals surface area contributed by atoms with E-state index >= 15 is 0 Å². The lowest BCUT2D eigenvalue weighted by atomic mass is 9.87. The molecule has 5 rings (SSSR count). The minimum absolute atomic E-state index is 0.0230. The van der Waals surface area contributed by atoms with Gasteiger partial charge in [0, 0.05) is 38.6 Å². The lowest BCUT2D eigenvalue weighted by molar-refractivity contribution is -0.147.